The minimum absolute atomic E-state index is 0. The van der Waals surface area contributed by atoms with Crippen molar-refractivity contribution in [2.45, 2.75) is 96.3 Å². The van der Waals surface area contributed by atoms with E-state index >= 15 is 0 Å². The molecule has 10 rings (SSSR count). The Morgan fingerprint density at radius 3 is 1.44 bits per heavy atom. The summed E-state index contributed by atoms with van der Waals surface area (Å²) in [5.74, 6) is 0.767. The van der Waals surface area contributed by atoms with Crippen LogP contribution in [0.2, 0.25) is 10.0 Å². The van der Waals surface area contributed by atoms with E-state index in [2.05, 4.69) is 51.0 Å². The van der Waals surface area contributed by atoms with E-state index < -0.39 is 30.7 Å². The van der Waals surface area contributed by atoms with Gasteiger partial charge in [-0.05, 0) is 137 Å². The van der Waals surface area contributed by atoms with Crippen LogP contribution in [0.15, 0.2) is 97.3 Å². The molecule has 4 aliphatic rings. The Morgan fingerprint density at radius 1 is 0.621 bits per heavy atom. The van der Waals surface area contributed by atoms with Crippen molar-refractivity contribution in [1.29, 1.82) is 0 Å². The van der Waals surface area contributed by atoms with Crippen molar-refractivity contribution >= 4 is 129 Å². The zero-order valence-electron chi connectivity index (χ0n) is 50.5. The van der Waals surface area contributed by atoms with Crippen LogP contribution >= 0.6 is 37.5 Å². The third kappa shape index (κ3) is 21.2. The van der Waals surface area contributed by atoms with Crippen LogP contribution < -0.4 is 145 Å². The number of anilines is 9. The van der Waals surface area contributed by atoms with E-state index in [0.717, 1.165) is 63.7 Å². The number of piperidine rings is 1. The summed E-state index contributed by atoms with van der Waals surface area (Å²) in [5.41, 5.74) is 2.64. The number of nitro groups is 2. The van der Waals surface area contributed by atoms with E-state index in [0.29, 0.717) is 69.0 Å². The number of rotatable bonds is 14. The van der Waals surface area contributed by atoms with Gasteiger partial charge in [-0.25, -0.2) is 9.97 Å². The zero-order chi connectivity index (χ0) is 61.5. The van der Waals surface area contributed by atoms with E-state index in [4.69, 9.17) is 33.3 Å². The summed E-state index contributed by atoms with van der Waals surface area (Å²) in [7, 11) is -5.12. The van der Waals surface area contributed by atoms with Crippen LogP contribution in [-0.4, -0.2) is 87.6 Å². The number of hydrogen-bond acceptors (Lipinski definition) is 20. The van der Waals surface area contributed by atoms with Gasteiger partial charge in [0.05, 0.1) is 33.6 Å². The summed E-state index contributed by atoms with van der Waals surface area (Å²) in [5, 5.41) is 45.2. The minimum Gasteiger partial charge on any atom is -1.00 e. The Hall–Kier alpha value is -4.15. The molecule has 1 aliphatic heterocycles. The molecule has 0 radical (unpaired) electrons. The molecule has 29 heteroatoms. The molecule has 2 aromatic heterocycles. The van der Waals surface area contributed by atoms with Crippen molar-refractivity contribution < 1.29 is 152 Å². The molecule has 87 heavy (non-hydrogen) atoms. The number of nitro benzene ring substituents is 2. The average molecular weight is 1330 g/mol. The van der Waals surface area contributed by atoms with Crippen molar-refractivity contribution in [3.63, 3.8) is 0 Å². The number of para-hydroxylation sites is 2. The van der Waals surface area contributed by atoms with Crippen LogP contribution in [0.3, 0.4) is 0 Å². The molecule has 454 valence electrons. The van der Waals surface area contributed by atoms with E-state index in [1.165, 1.54) is 69.5 Å². The first kappa shape index (κ1) is 73.6. The van der Waals surface area contributed by atoms with E-state index in [9.17, 15) is 43.3 Å². The predicted molar refractivity (Wildman–Crippen MR) is 329 cm³/mol. The number of Topliss-reactive ketones (excluding diaryl/α,β-unsaturated/α-hetero) is 2. The molecule has 4 aromatic carbocycles. The quantitative estimate of drug-likeness (QED) is 0.0212. The van der Waals surface area contributed by atoms with Crippen LogP contribution in [-0.2, 0) is 28.4 Å². The fourth-order valence-corrected chi connectivity index (χ4v) is 13.6. The van der Waals surface area contributed by atoms with Crippen molar-refractivity contribution in [2.24, 2.45) is 10.8 Å². The summed E-state index contributed by atoms with van der Waals surface area (Å²) in [4.78, 5) is 74.9. The average Bonchev–Trinajstić information content (AvgIpc) is 2.36. The van der Waals surface area contributed by atoms with E-state index in [1.807, 2.05) is 12.1 Å². The number of nitrogens with zero attached hydrogens (tertiary/aromatic N) is 7. The summed E-state index contributed by atoms with van der Waals surface area (Å²) in [6, 6.07) is 22.7. The number of halogens is 3. The zero-order valence-corrected chi connectivity index (χ0v) is 59.0. The van der Waals surface area contributed by atoms with Crippen molar-refractivity contribution in [3.8, 4) is 0 Å². The molecule has 22 nitrogen and oxygen atoms in total. The van der Waals surface area contributed by atoms with Crippen LogP contribution in [0.4, 0.5) is 67.7 Å². The molecular formula is C58H68Cl2FK2N11O11P2. The van der Waals surface area contributed by atoms with Crippen LogP contribution in [0.5, 0.6) is 0 Å². The second-order valence-corrected chi connectivity index (χ2v) is 29.4. The molecule has 0 amide bonds. The number of benzene rings is 4. The van der Waals surface area contributed by atoms with Gasteiger partial charge in [-0.1, -0.05) is 66.7 Å². The monoisotopic (exact) mass is 1320 g/mol. The molecule has 0 atom stereocenters. The number of nitrogens with one attached hydrogen (secondary N) is 4. The Labute approximate surface area is 600 Å². The van der Waals surface area contributed by atoms with Gasteiger partial charge in [-0.15, -0.1) is 0 Å². The fraction of sp³-hybridized carbons (Fsp3) is 0.397. The molecule has 3 saturated carbocycles. The molecule has 0 bridgehead atoms. The maximum Gasteiger partial charge on any atom is 1.00 e. The number of carbonyl (C=O) groups is 3. The molecular weight excluding hydrogens is 1260 g/mol. The molecule has 4 fully saturated rings. The minimum atomic E-state index is -2.56. The van der Waals surface area contributed by atoms with Crippen LogP contribution in [0.25, 0.3) is 0 Å². The van der Waals surface area contributed by atoms with Gasteiger partial charge in [-0.2, -0.15) is 14.4 Å². The molecule has 4 N–H and O–H groups in total. The topological polar surface area (TPSA) is 307 Å². The number of carbonyl (C=O) groups excluding carboxylic acids is 3. The Morgan fingerprint density at radius 2 is 1.02 bits per heavy atom. The van der Waals surface area contributed by atoms with Crippen molar-refractivity contribution in [2.75, 3.05) is 65.9 Å². The molecule has 2 spiro atoms. The molecule has 3 heterocycles. The van der Waals surface area contributed by atoms with Crippen molar-refractivity contribution in [1.82, 2.24) is 19.9 Å². The van der Waals surface area contributed by atoms with Gasteiger partial charge in [-0.3, -0.25) is 34.6 Å². The van der Waals surface area contributed by atoms with Crippen LogP contribution in [0.1, 0.15) is 97.7 Å². The first-order valence-electron chi connectivity index (χ1n) is 27.6. The summed E-state index contributed by atoms with van der Waals surface area (Å²) in [6.07, 6.45) is 19.0. The summed E-state index contributed by atoms with van der Waals surface area (Å²) >= 11 is 12.5. The second-order valence-electron chi connectivity index (χ2n) is 22.2. The van der Waals surface area contributed by atoms with Gasteiger partial charge in [0.1, 0.15) is 41.6 Å². The van der Waals surface area contributed by atoms with Gasteiger partial charge in [0.25, 0.3) is 12.2 Å². The fourth-order valence-electron chi connectivity index (χ4n) is 11.0. The second kappa shape index (κ2) is 33.8. The van der Waals surface area contributed by atoms with Gasteiger partial charge < -0.3 is 46.9 Å². The maximum absolute atomic E-state index is 13.5. The molecule has 1 saturated heterocycles. The molecule has 6 aromatic rings. The number of hydrogen-bond donors (Lipinski definition) is 4. The smallest absolute Gasteiger partial charge is 1.00 e. The Bertz CT molecular complexity index is 3500. The molecule has 0 unspecified atom stereocenters. The van der Waals surface area contributed by atoms with Gasteiger partial charge in [0, 0.05) is 72.9 Å². The predicted octanol–water partition coefficient (Wildman–Crippen LogP) is 7.05. The number of aromatic nitrogens is 4. The van der Waals surface area contributed by atoms with Crippen molar-refractivity contribution in [3.05, 3.63) is 133 Å². The normalized spacial score (nSPS) is 15.8. The Kier molecular flexibility index (Phi) is 28.6. The van der Waals surface area contributed by atoms with Gasteiger partial charge in [0.15, 0.2) is 11.6 Å². The largest absolute Gasteiger partial charge is 1.00 e. The summed E-state index contributed by atoms with van der Waals surface area (Å²) in [6.45, 7) is 7.96. The molecule has 3 aliphatic carbocycles. The maximum atomic E-state index is 13.5. The number of ketones is 2. The van der Waals surface area contributed by atoms with E-state index in [1.54, 1.807) is 75.2 Å². The van der Waals surface area contributed by atoms with Crippen LogP contribution in [0, 0.1) is 36.9 Å². The summed E-state index contributed by atoms with van der Waals surface area (Å²) < 4.78 is 38.8. The van der Waals surface area contributed by atoms with Gasteiger partial charge in [0.2, 0.25) is 17.7 Å². The van der Waals surface area contributed by atoms with E-state index in [-0.39, 0.29) is 160 Å². The third-order valence-corrected chi connectivity index (χ3v) is 19.3. The van der Waals surface area contributed by atoms with Gasteiger partial charge >= 0.3 is 108 Å². The SMILES string of the molecule is CP(C)(=O)c1ccccc1Nc1nc(Nc2ccc(F)c([N+](=O)[O-])c2)ncc1Cl.CP(C)(=O)c1ccccc1Nc1nc(Nc2ccc(N3CCC4(CCC(=O)CC4)CC3)c([N+](=O)[O-])c2)ncc1Cl.O=C1CCC2(CCCCC2)CC1.O=CO[O-].[H-].[K+].[K+]. The first-order chi connectivity index (χ1) is 40.4. The Balaban J connectivity index is 0.000000300. The standard InChI is InChI=1S/C28H32ClN6O4P.C18H16ClFN5O3P.C11H18O.CH2O3.2K.H/c1-40(2,39)25-6-4-3-5-22(25)32-26-21(29)18-30-27(33-26)31-19-7-8-23(24(17-19)35(37)38)34-15-13-28(14-16-34)11-9-20(36)10-12-28;1-29(2,28)16-6-4-3-5-14(16)23-17-12(19)10-21-18(24-17)22-11-7-8-13(20)15(9-11)25(26)27;12-10-4-8-11(9-5-10)6-2-1-3-7-11;2-1-4-3;;;/h3-8,17-18H,9-16H2,1-2H3,(H2,30,31,32,33);3-10H,1-2H3,(H2,21,22,23,24);1-9H2;1,3H;;;/q;;;;2*+1;-1/p-1. The third-order valence-electron chi connectivity index (χ3n) is 15.6. The first-order valence-corrected chi connectivity index (χ1v) is 33.5.